The second kappa shape index (κ2) is 9.52. The predicted molar refractivity (Wildman–Crippen MR) is 107 cm³/mol. The molecule has 0 saturated heterocycles. The summed E-state index contributed by atoms with van der Waals surface area (Å²) in [5.41, 5.74) is 0. The van der Waals surface area contributed by atoms with Crippen molar-refractivity contribution < 1.29 is 9.13 Å². The third-order valence-electron chi connectivity index (χ3n) is 5.11. The molecule has 0 atom stereocenters. The lowest BCUT2D eigenvalue weighted by Gasteiger charge is -2.25. The molecule has 0 radical (unpaired) electrons. The van der Waals surface area contributed by atoms with Gasteiger partial charge in [-0.05, 0) is 44.0 Å². The molecule has 0 unspecified atom stereocenters. The van der Waals surface area contributed by atoms with Crippen molar-refractivity contribution >= 4 is 5.96 Å². The number of nitrogens with zero attached hydrogens (tertiary/aromatic N) is 5. The molecule has 1 fully saturated rings. The first kappa shape index (κ1) is 20.1. The van der Waals surface area contributed by atoms with E-state index in [0.29, 0.717) is 31.5 Å². The monoisotopic (exact) mass is 388 g/mol. The lowest BCUT2D eigenvalue weighted by molar-refractivity contribution is 0.280. The molecule has 0 amide bonds. The van der Waals surface area contributed by atoms with E-state index in [1.54, 1.807) is 12.1 Å². The van der Waals surface area contributed by atoms with Gasteiger partial charge in [0.15, 0.2) is 11.8 Å². The molecule has 2 aromatic rings. The van der Waals surface area contributed by atoms with E-state index < -0.39 is 0 Å². The van der Waals surface area contributed by atoms with Crippen LogP contribution in [-0.2, 0) is 13.6 Å². The van der Waals surface area contributed by atoms with Gasteiger partial charge < -0.3 is 19.5 Å². The molecule has 0 aliphatic heterocycles. The summed E-state index contributed by atoms with van der Waals surface area (Å²) < 4.78 is 20.7. The largest absolute Gasteiger partial charge is 0.492 e. The highest BCUT2D eigenvalue weighted by molar-refractivity contribution is 5.80. The van der Waals surface area contributed by atoms with Crippen LogP contribution in [-0.4, -0.2) is 51.9 Å². The van der Waals surface area contributed by atoms with Crippen molar-refractivity contribution in [1.29, 1.82) is 0 Å². The maximum atomic E-state index is 13.0. The second-order valence-corrected chi connectivity index (χ2v) is 7.21. The van der Waals surface area contributed by atoms with E-state index in [0.717, 1.165) is 17.6 Å². The van der Waals surface area contributed by atoms with Crippen molar-refractivity contribution in [3.63, 3.8) is 0 Å². The van der Waals surface area contributed by atoms with Crippen LogP contribution >= 0.6 is 0 Å². The predicted octanol–water partition coefficient (Wildman–Crippen LogP) is 2.66. The number of ether oxygens (including phenoxy) is 1. The van der Waals surface area contributed by atoms with Crippen LogP contribution in [0.5, 0.6) is 5.75 Å². The Morgan fingerprint density at radius 3 is 2.64 bits per heavy atom. The molecule has 0 spiro atoms. The first-order chi connectivity index (χ1) is 13.5. The zero-order valence-electron chi connectivity index (χ0n) is 16.9. The van der Waals surface area contributed by atoms with Crippen LogP contribution in [0.4, 0.5) is 4.39 Å². The van der Waals surface area contributed by atoms with Gasteiger partial charge in [-0.2, -0.15) is 0 Å². The molecule has 152 valence electrons. The van der Waals surface area contributed by atoms with Gasteiger partial charge in [0.25, 0.3) is 0 Å². The Hall–Kier alpha value is -2.64. The molecular weight excluding hydrogens is 359 g/mol. The lowest BCUT2D eigenvalue weighted by Crippen LogP contribution is -2.45. The first-order valence-electron chi connectivity index (χ1n) is 9.78. The fraction of sp³-hybridized carbons (Fsp3) is 0.550. The van der Waals surface area contributed by atoms with Crippen molar-refractivity contribution in [2.75, 3.05) is 20.2 Å². The molecule has 1 aromatic heterocycles. The standard InChI is InChI=1S/C20H29FN6O/c1-15-24-25-19(27(15)3)14-22-20(23-17-6-4-5-7-17)26(2)12-13-28-18-10-8-16(21)9-11-18/h8-11,17H,4-7,12-14H2,1-3H3,(H,22,23). The number of nitrogens with one attached hydrogen (secondary N) is 1. The molecule has 1 N–H and O–H groups in total. The van der Waals surface area contributed by atoms with Gasteiger partial charge in [0.05, 0.1) is 6.54 Å². The van der Waals surface area contributed by atoms with Crippen molar-refractivity contribution in [3.05, 3.63) is 41.7 Å². The van der Waals surface area contributed by atoms with Gasteiger partial charge in [-0.25, -0.2) is 9.38 Å². The highest BCUT2D eigenvalue weighted by Crippen LogP contribution is 2.18. The fourth-order valence-corrected chi connectivity index (χ4v) is 3.20. The average molecular weight is 388 g/mol. The maximum Gasteiger partial charge on any atom is 0.194 e. The fourth-order valence-electron chi connectivity index (χ4n) is 3.20. The zero-order chi connectivity index (χ0) is 19.9. The van der Waals surface area contributed by atoms with Gasteiger partial charge in [0, 0.05) is 20.1 Å². The Labute approximate surface area is 165 Å². The van der Waals surface area contributed by atoms with Gasteiger partial charge in [-0.3, -0.25) is 0 Å². The van der Waals surface area contributed by atoms with Gasteiger partial charge in [0.2, 0.25) is 0 Å². The highest BCUT2D eigenvalue weighted by atomic mass is 19.1. The molecule has 28 heavy (non-hydrogen) atoms. The Balaban J connectivity index is 1.60. The van der Waals surface area contributed by atoms with Crippen LogP contribution in [0, 0.1) is 12.7 Å². The van der Waals surface area contributed by atoms with Crippen molar-refractivity contribution in [2.24, 2.45) is 12.0 Å². The summed E-state index contributed by atoms with van der Waals surface area (Å²) in [5, 5.41) is 11.9. The Morgan fingerprint density at radius 1 is 1.29 bits per heavy atom. The third-order valence-corrected chi connectivity index (χ3v) is 5.11. The molecule has 1 aromatic carbocycles. The minimum atomic E-state index is -0.265. The molecule has 1 aliphatic rings. The van der Waals surface area contributed by atoms with Gasteiger partial charge >= 0.3 is 0 Å². The van der Waals surface area contributed by atoms with E-state index in [4.69, 9.17) is 9.73 Å². The second-order valence-electron chi connectivity index (χ2n) is 7.21. The minimum absolute atomic E-state index is 0.265. The van der Waals surface area contributed by atoms with E-state index in [1.807, 2.05) is 25.6 Å². The third kappa shape index (κ3) is 5.43. The van der Waals surface area contributed by atoms with Crippen molar-refractivity contribution in [1.82, 2.24) is 25.0 Å². The number of aliphatic imine (C=N–C) groups is 1. The minimum Gasteiger partial charge on any atom is -0.492 e. The van der Waals surface area contributed by atoms with E-state index >= 15 is 0 Å². The molecule has 8 heteroatoms. The van der Waals surface area contributed by atoms with Crippen LogP contribution in [0.3, 0.4) is 0 Å². The number of halogens is 1. The van der Waals surface area contributed by atoms with Crippen LogP contribution < -0.4 is 10.1 Å². The maximum absolute atomic E-state index is 13.0. The smallest absolute Gasteiger partial charge is 0.194 e. The summed E-state index contributed by atoms with van der Waals surface area (Å²) in [6.45, 7) is 3.54. The van der Waals surface area contributed by atoms with E-state index in [1.165, 1.54) is 37.8 Å². The normalized spacial score (nSPS) is 15.1. The average Bonchev–Trinajstić information content (AvgIpc) is 3.31. The van der Waals surface area contributed by atoms with E-state index in [2.05, 4.69) is 20.4 Å². The SMILES string of the molecule is Cc1nnc(CN=C(NC2CCCC2)N(C)CCOc2ccc(F)cc2)n1C. The van der Waals surface area contributed by atoms with Gasteiger partial charge in [-0.1, -0.05) is 12.8 Å². The highest BCUT2D eigenvalue weighted by Gasteiger charge is 2.18. The Morgan fingerprint density at radius 2 is 2.00 bits per heavy atom. The molecule has 1 aliphatic carbocycles. The Kier molecular flexibility index (Phi) is 6.84. The van der Waals surface area contributed by atoms with Crippen LogP contribution in [0.15, 0.2) is 29.3 Å². The first-order valence-corrected chi connectivity index (χ1v) is 9.78. The summed E-state index contributed by atoms with van der Waals surface area (Å²) in [6.07, 6.45) is 4.85. The molecule has 1 heterocycles. The topological polar surface area (TPSA) is 67.6 Å². The van der Waals surface area contributed by atoms with Crippen LogP contribution in [0.25, 0.3) is 0 Å². The van der Waals surface area contributed by atoms with Crippen LogP contribution in [0.1, 0.15) is 37.3 Å². The summed E-state index contributed by atoms with van der Waals surface area (Å²) in [4.78, 5) is 6.83. The quantitative estimate of drug-likeness (QED) is 0.583. The number of likely N-dealkylation sites (N-methyl/N-ethyl adjacent to an activating group) is 1. The van der Waals surface area contributed by atoms with Crippen molar-refractivity contribution in [3.8, 4) is 5.75 Å². The lowest BCUT2D eigenvalue weighted by atomic mass is 10.2. The van der Waals surface area contributed by atoms with Gasteiger partial charge in [0.1, 0.15) is 30.5 Å². The molecule has 1 saturated carbocycles. The number of rotatable bonds is 7. The molecule has 7 nitrogen and oxygen atoms in total. The van der Waals surface area contributed by atoms with Crippen LogP contribution in [0.2, 0.25) is 0 Å². The number of hydrogen-bond donors (Lipinski definition) is 1. The summed E-state index contributed by atoms with van der Waals surface area (Å²) in [7, 11) is 3.95. The number of aromatic nitrogens is 3. The molecule has 3 rings (SSSR count). The number of benzene rings is 1. The number of guanidine groups is 1. The molecular formula is C20H29FN6O. The number of aryl methyl sites for hydroxylation is 1. The van der Waals surface area contributed by atoms with Gasteiger partial charge in [-0.15, -0.1) is 10.2 Å². The molecule has 0 bridgehead atoms. The van der Waals surface area contributed by atoms with Crippen molar-refractivity contribution in [2.45, 2.75) is 45.2 Å². The van der Waals surface area contributed by atoms with E-state index in [-0.39, 0.29) is 5.82 Å². The number of hydrogen-bond acceptors (Lipinski definition) is 4. The summed E-state index contributed by atoms with van der Waals surface area (Å²) >= 11 is 0. The Bertz CT molecular complexity index is 782. The van der Waals surface area contributed by atoms with E-state index in [9.17, 15) is 4.39 Å². The summed E-state index contributed by atoms with van der Waals surface area (Å²) in [6, 6.07) is 6.53. The zero-order valence-corrected chi connectivity index (χ0v) is 16.9. The summed E-state index contributed by atoms with van der Waals surface area (Å²) in [5.74, 6) is 2.94.